The van der Waals surface area contributed by atoms with Gasteiger partial charge in [-0.25, -0.2) is 4.79 Å². The predicted octanol–water partition coefficient (Wildman–Crippen LogP) is 5.37. The highest BCUT2D eigenvalue weighted by atomic mass is 16.6. The summed E-state index contributed by atoms with van der Waals surface area (Å²) in [7, 11) is 1.25. The lowest BCUT2D eigenvalue weighted by atomic mass is 9.94. The molecule has 0 spiro atoms. The Kier molecular flexibility index (Phi) is 14.7. The van der Waals surface area contributed by atoms with Crippen molar-refractivity contribution >= 4 is 23.9 Å². The first-order chi connectivity index (χ1) is 18.7. The zero-order chi connectivity index (χ0) is 30.5. The maximum atomic E-state index is 14.3. The van der Waals surface area contributed by atoms with Crippen molar-refractivity contribution in [2.24, 2.45) is 5.92 Å². The predicted molar refractivity (Wildman–Crippen MR) is 157 cm³/mol. The second kappa shape index (κ2) is 16.9. The van der Waals surface area contributed by atoms with E-state index in [1.54, 1.807) is 25.7 Å². The number of nitrogens with zero attached hydrogens (tertiary/aromatic N) is 1. The number of esters is 1. The summed E-state index contributed by atoms with van der Waals surface area (Å²) in [5, 5.41) is 5.43. The standard InChI is InChI=1S/C31H51N3O6/c1-10-12-13-14-15-18-34(29(37)26(21(3)11-2)33-30(38)40-31(6,7)8)27(28(36)32-20-25(35)39-9)24-17-16-22(4)23(5)19-24/h16-17,19,21,26-27H,10-15,18,20H2,1-9H3,(H,32,36)(H,33,38). The van der Waals surface area contributed by atoms with Gasteiger partial charge in [-0.15, -0.1) is 0 Å². The van der Waals surface area contributed by atoms with E-state index in [1.807, 2.05) is 45.9 Å². The Bertz CT molecular complexity index is 988. The first-order valence-electron chi connectivity index (χ1n) is 14.5. The fourth-order valence-corrected chi connectivity index (χ4v) is 4.28. The molecule has 0 saturated heterocycles. The molecular weight excluding hydrogens is 510 g/mol. The maximum absolute atomic E-state index is 14.3. The summed E-state index contributed by atoms with van der Waals surface area (Å²) >= 11 is 0. The molecule has 226 valence electrons. The van der Waals surface area contributed by atoms with Crippen LogP contribution in [0.3, 0.4) is 0 Å². The Morgan fingerprint density at radius 2 is 1.62 bits per heavy atom. The topological polar surface area (TPSA) is 114 Å². The number of ether oxygens (including phenoxy) is 2. The Morgan fingerprint density at radius 1 is 0.975 bits per heavy atom. The van der Waals surface area contributed by atoms with Crippen LogP contribution >= 0.6 is 0 Å². The quantitative estimate of drug-likeness (QED) is 0.220. The number of nitrogens with one attached hydrogen (secondary N) is 2. The summed E-state index contributed by atoms with van der Waals surface area (Å²) < 4.78 is 10.2. The molecule has 0 saturated carbocycles. The maximum Gasteiger partial charge on any atom is 0.408 e. The number of alkyl carbamates (subject to hydrolysis) is 1. The van der Waals surface area contributed by atoms with Gasteiger partial charge < -0.3 is 25.0 Å². The number of aryl methyl sites for hydroxylation is 2. The summed E-state index contributed by atoms with van der Waals surface area (Å²) in [6, 6.07) is 3.74. The number of hydrogen-bond acceptors (Lipinski definition) is 6. The Morgan fingerprint density at radius 3 is 2.17 bits per heavy atom. The second-order valence-electron chi connectivity index (χ2n) is 11.5. The molecule has 1 aromatic carbocycles. The Balaban J connectivity index is 3.56. The van der Waals surface area contributed by atoms with Crippen molar-refractivity contribution in [3.8, 4) is 0 Å². The summed E-state index contributed by atoms with van der Waals surface area (Å²) in [5.41, 5.74) is 1.93. The lowest BCUT2D eigenvalue weighted by Crippen LogP contribution is -2.55. The third-order valence-electron chi connectivity index (χ3n) is 6.98. The van der Waals surface area contributed by atoms with Gasteiger partial charge in [0, 0.05) is 6.54 Å². The molecule has 1 rings (SSSR count). The molecular formula is C31H51N3O6. The molecule has 9 nitrogen and oxygen atoms in total. The van der Waals surface area contributed by atoms with Crippen LogP contribution in [0.1, 0.15) is 103 Å². The van der Waals surface area contributed by atoms with Gasteiger partial charge in [-0.2, -0.15) is 0 Å². The van der Waals surface area contributed by atoms with Crippen LogP contribution in [0.5, 0.6) is 0 Å². The van der Waals surface area contributed by atoms with E-state index in [9.17, 15) is 19.2 Å². The number of carbonyl (C=O) groups excluding carboxylic acids is 4. The summed E-state index contributed by atoms with van der Waals surface area (Å²) in [6.07, 6.45) is 4.72. The minimum absolute atomic E-state index is 0.221. The van der Waals surface area contributed by atoms with Crippen LogP contribution < -0.4 is 10.6 Å². The lowest BCUT2D eigenvalue weighted by Gasteiger charge is -2.36. The van der Waals surface area contributed by atoms with E-state index in [2.05, 4.69) is 17.6 Å². The lowest BCUT2D eigenvalue weighted by molar-refractivity contribution is -0.145. The zero-order valence-corrected chi connectivity index (χ0v) is 26.0. The zero-order valence-electron chi connectivity index (χ0n) is 26.0. The van der Waals surface area contributed by atoms with Crippen molar-refractivity contribution in [3.63, 3.8) is 0 Å². The van der Waals surface area contributed by atoms with Gasteiger partial charge in [0.05, 0.1) is 7.11 Å². The first-order valence-corrected chi connectivity index (χ1v) is 14.5. The van der Waals surface area contributed by atoms with Crippen molar-refractivity contribution in [2.45, 2.75) is 112 Å². The highest BCUT2D eigenvalue weighted by Crippen LogP contribution is 2.27. The van der Waals surface area contributed by atoms with Crippen LogP contribution in [-0.4, -0.2) is 60.6 Å². The molecule has 0 fully saturated rings. The molecule has 2 N–H and O–H groups in total. The smallest absolute Gasteiger partial charge is 0.408 e. The number of hydrogen-bond donors (Lipinski definition) is 2. The molecule has 3 amide bonds. The Hall–Kier alpha value is -3.10. The molecule has 40 heavy (non-hydrogen) atoms. The van der Waals surface area contributed by atoms with Gasteiger partial charge in [0.1, 0.15) is 24.2 Å². The Labute approximate surface area is 240 Å². The van der Waals surface area contributed by atoms with Gasteiger partial charge in [0.2, 0.25) is 11.8 Å². The first kappa shape index (κ1) is 34.9. The number of benzene rings is 1. The number of amides is 3. The average Bonchev–Trinajstić information content (AvgIpc) is 2.89. The van der Waals surface area contributed by atoms with Gasteiger partial charge >= 0.3 is 12.1 Å². The van der Waals surface area contributed by atoms with E-state index in [0.717, 1.165) is 36.8 Å². The largest absolute Gasteiger partial charge is 0.468 e. The highest BCUT2D eigenvalue weighted by molar-refractivity contribution is 5.93. The highest BCUT2D eigenvalue weighted by Gasteiger charge is 2.38. The molecule has 0 radical (unpaired) electrons. The molecule has 9 heteroatoms. The average molecular weight is 562 g/mol. The van der Waals surface area contributed by atoms with Gasteiger partial charge in [0.25, 0.3) is 0 Å². The van der Waals surface area contributed by atoms with Crippen LogP contribution in [0, 0.1) is 19.8 Å². The van der Waals surface area contributed by atoms with E-state index < -0.39 is 35.7 Å². The summed E-state index contributed by atoms with van der Waals surface area (Å²) in [5.74, 6) is -1.67. The molecule has 0 aliphatic rings. The molecule has 1 aromatic rings. The normalized spacial score (nSPS) is 13.5. The SMILES string of the molecule is CCCCCCCN(C(=O)C(NC(=O)OC(C)(C)C)C(C)CC)C(C(=O)NCC(=O)OC)c1ccc(C)c(C)c1. The van der Waals surface area contributed by atoms with Crippen LogP contribution in [-0.2, 0) is 23.9 Å². The minimum atomic E-state index is -1.00. The van der Waals surface area contributed by atoms with Crippen molar-refractivity contribution in [2.75, 3.05) is 20.2 Å². The number of carbonyl (C=O) groups is 4. The monoisotopic (exact) mass is 561 g/mol. The van der Waals surface area contributed by atoms with E-state index >= 15 is 0 Å². The van der Waals surface area contributed by atoms with Gasteiger partial charge in [-0.3, -0.25) is 14.4 Å². The van der Waals surface area contributed by atoms with Crippen LogP contribution in [0.15, 0.2) is 18.2 Å². The number of unbranched alkanes of at least 4 members (excludes halogenated alkanes) is 4. The van der Waals surface area contributed by atoms with E-state index in [-0.39, 0.29) is 18.4 Å². The van der Waals surface area contributed by atoms with Crippen molar-refractivity contribution in [1.82, 2.24) is 15.5 Å². The third-order valence-corrected chi connectivity index (χ3v) is 6.98. The van der Waals surface area contributed by atoms with Crippen LogP contribution in [0.4, 0.5) is 4.79 Å². The van der Waals surface area contributed by atoms with Crippen molar-refractivity contribution in [3.05, 3.63) is 34.9 Å². The fourth-order valence-electron chi connectivity index (χ4n) is 4.28. The minimum Gasteiger partial charge on any atom is -0.468 e. The summed E-state index contributed by atoms with van der Waals surface area (Å²) in [4.78, 5) is 54.2. The van der Waals surface area contributed by atoms with Gasteiger partial charge in [-0.05, 0) is 63.6 Å². The molecule has 0 aromatic heterocycles. The molecule has 0 aliphatic carbocycles. The van der Waals surface area contributed by atoms with Gasteiger partial charge in [0.15, 0.2) is 0 Å². The van der Waals surface area contributed by atoms with E-state index in [0.29, 0.717) is 24.9 Å². The van der Waals surface area contributed by atoms with Crippen molar-refractivity contribution < 1.29 is 28.7 Å². The molecule has 0 heterocycles. The number of rotatable bonds is 15. The molecule has 3 atom stereocenters. The fraction of sp³-hybridized carbons (Fsp3) is 0.677. The van der Waals surface area contributed by atoms with E-state index in [1.165, 1.54) is 7.11 Å². The third kappa shape index (κ3) is 11.6. The molecule has 0 bridgehead atoms. The van der Waals surface area contributed by atoms with Crippen LogP contribution in [0.25, 0.3) is 0 Å². The number of methoxy groups -OCH3 is 1. The molecule has 3 unspecified atom stereocenters. The van der Waals surface area contributed by atoms with Crippen molar-refractivity contribution in [1.29, 1.82) is 0 Å². The second-order valence-corrected chi connectivity index (χ2v) is 11.5. The molecule has 0 aliphatic heterocycles. The van der Waals surface area contributed by atoms with Crippen LogP contribution in [0.2, 0.25) is 0 Å². The summed E-state index contributed by atoms with van der Waals surface area (Å²) in [6.45, 7) is 15.2. The van der Waals surface area contributed by atoms with E-state index in [4.69, 9.17) is 9.47 Å². The van der Waals surface area contributed by atoms with Gasteiger partial charge in [-0.1, -0.05) is 71.1 Å².